The van der Waals surface area contributed by atoms with E-state index in [1.807, 2.05) is 60.7 Å². The first-order valence-corrected chi connectivity index (χ1v) is 11.2. The summed E-state index contributed by atoms with van der Waals surface area (Å²) in [5.41, 5.74) is 1.06. The lowest BCUT2D eigenvalue weighted by Crippen LogP contribution is -2.46. The molecule has 1 atom stereocenters. The van der Waals surface area contributed by atoms with Gasteiger partial charge in [-0.15, -0.1) is 0 Å². The van der Waals surface area contributed by atoms with Gasteiger partial charge in [0.15, 0.2) is 17.0 Å². The van der Waals surface area contributed by atoms with Crippen LogP contribution in [0.5, 0.6) is 11.5 Å². The molecule has 4 rings (SSSR count). The Bertz CT molecular complexity index is 1220. The van der Waals surface area contributed by atoms with Gasteiger partial charge in [-0.1, -0.05) is 66.7 Å². The zero-order chi connectivity index (χ0) is 24.8. The first-order chi connectivity index (χ1) is 17.0. The van der Waals surface area contributed by atoms with E-state index in [0.29, 0.717) is 17.1 Å². The van der Waals surface area contributed by atoms with Crippen LogP contribution in [0.25, 0.3) is 0 Å². The third-order valence-electron chi connectivity index (χ3n) is 5.99. The molecule has 0 unspecified atom stereocenters. The summed E-state index contributed by atoms with van der Waals surface area (Å²) in [6.07, 6.45) is 0.270. The fourth-order valence-corrected chi connectivity index (χ4v) is 4.20. The molecule has 35 heavy (non-hydrogen) atoms. The molecule has 2 N–H and O–H groups in total. The maximum atomic E-state index is 13.6. The second-order valence-corrected chi connectivity index (χ2v) is 8.22. The van der Waals surface area contributed by atoms with Crippen LogP contribution < -0.4 is 20.1 Å². The molecule has 3 aromatic rings. The molecule has 1 heterocycles. The zero-order valence-electron chi connectivity index (χ0n) is 19.6. The topological polar surface area (TPSA) is 97.0 Å². The van der Waals surface area contributed by atoms with E-state index in [4.69, 9.17) is 9.47 Å². The molecular formula is C27H27N3O5. The van der Waals surface area contributed by atoms with Gasteiger partial charge in [0.2, 0.25) is 5.91 Å². The average Bonchev–Trinajstić information content (AvgIpc) is 3.13. The first kappa shape index (κ1) is 23.8. The van der Waals surface area contributed by atoms with Crippen LogP contribution in [0.1, 0.15) is 16.7 Å². The van der Waals surface area contributed by atoms with E-state index in [1.54, 1.807) is 25.3 Å². The van der Waals surface area contributed by atoms with Crippen LogP contribution in [-0.2, 0) is 28.1 Å². The van der Waals surface area contributed by atoms with Gasteiger partial charge in [0.1, 0.15) is 6.54 Å². The number of hydrogen-bond donors (Lipinski definition) is 2. The number of carbonyl (C=O) groups is 3. The third-order valence-corrected chi connectivity index (χ3v) is 5.99. The zero-order valence-corrected chi connectivity index (χ0v) is 19.6. The number of hydrogen-bond acceptors (Lipinski definition) is 5. The van der Waals surface area contributed by atoms with Crippen molar-refractivity contribution in [2.45, 2.75) is 18.5 Å². The fraction of sp³-hybridized carbons (Fsp3) is 0.222. The first-order valence-electron chi connectivity index (χ1n) is 11.2. The van der Waals surface area contributed by atoms with Gasteiger partial charge in [-0.25, -0.2) is 4.79 Å². The van der Waals surface area contributed by atoms with Crippen LogP contribution in [0, 0.1) is 0 Å². The summed E-state index contributed by atoms with van der Waals surface area (Å²) in [4.78, 5) is 40.2. The summed E-state index contributed by atoms with van der Waals surface area (Å²) in [5, 5.41) is 5.63. The normalized spacial score (nSPS) is 17.1. The lowest BCUT2D eigenvalue weighted by Gasteiger charge is -2.27. The van der Waals surface area contributed by atoms with Gasteiger partial charge in [0.05, 0.1) is 14.2 Å². The quantitative estimate of drug-likeness (QED) is 0.466. The van der Waals surface area contributed by atoms with Gasteiger partial charge >= 0.3 is 6.03 Å². The molecule has 3 aromatic carbocycles. The number of urea groups is 1. The van der Waals surface area contributed by atoms with Crippen LogP contribution >= 0.6 is 0 Å². The van der Waals surface area contributed by atoms with Crippen molar-refractivity contribution in [1.29, 1.82) is 0 Å². The fourth-order valence-electron chi connectivity index (χ4n) is 4.20. The molecule has 1 fully saturated rings. The van der Waals surface area contributed by atoms with E-state index in [0.717, 1.165) is 16.0 Å². The second-order valence-electron chi connectivity index (χ2n) is 8.22. The van der Waals surface area contributed by atoms with Crippen molar-refractivity contribution in [2.24, 2.45) is 0 Å². The molecule has 180 valence electrons. The predicted octanol–water partition coefficient (Wildman–Crippen LogP) is 3.01. The van der Waals surface area contributed by atoms with E-state index >= 15 is 0 Å². The van der Waals surface area contributed by atoms with E-state index in [1.165, 1.54) is 7.11 Å². The number of carbonyl (C=O) groups excluding carboxylic acids is 3. The molecule has 0 spiro atoms. The van der Waals surface area contributed by atoms with Gasteiger partial charge < -0.3 is 20.1 Å². The van der Waals surface area contributed by atoms with Crippen molar-refractivity contribution in [3.8, 4) is 11.5 Å². The summed E-state index contributed by atoms with van der Waals surface area (Å²) in [6.45, 7) is -0.183. The van der Waals surface area contributed by atoms with Crippen LogP contribution in [-0.4, -0.2) is 43.5 Å². The second kappa shape index (κ2) is 10.3. The molecule has 0 saturated carbocycles. The van der Waals surface area contributed by atoms with Crippen molar-refractivity contribution in [2.75, 3.05) is 20.8 Å². The Kier molecular flexibility index (Phi) is 7.01. The van der Waals surface area contributed by atoms with E-state index in [9.17, 15) is 14.4 Å². The van der Waals surface area contributed by atoms with Crippen molar-refractivity contribution in [1.82, 2.24) is 15.5 Å². The molecule has 1 aliphatic heterocycles. The number of imide groups is 1. The van der Waals surface area contributed by atoms with Gasteiger partial charge in [0.25, 0.3) is 5.91 Å². The molecule has 0 aromatic heterocycles. The monoisotopic (exact) mass is 473 g/mol. The third kappa shape index (κ3) is 4.96. The van der Waals surface area contributed by atoms with Gasteiger partial charge in [-0.3, -0.25) is 14.5 Å². The summed E-state index contributed by atoms with van der Waals surface area (Å²) < 4.78 is 10.5. The molecule has 0 radical (unpaired) electrons. The maximum Gasteiger partial charge on any atom is 0.325 e. The highest BCUT2D eigenvalue weighted by Crippen LogP contribution is 2.33. The number of rotatable bonds is 9. The Morgan fingerprint density at radius 3 is 2.20 bits per heavy atom. The summed E-state index contributed by atoms with van der Waals surface area (Å²) >= 11 is 0. The molecule has 8 heteroatoms. The van der Waals surface area contributed by atoms with Crippen LogP contribution in [0.2, 0.25) is 0 Å². The number of ether oxygens (including phenoxy) is 2. The smallest absolute Gasteiger partial charge is 0.325 e. The molecule has 0 aliphatic carbocycles. The Hall–Kier alpha value is -4.33. The minimum Gasteiger partial charge on any atom is -0.493 e. The number of nitrogens with zero attached hydrogens (tertiary/aromatic N) is 1. The molecule has 0 bridgehead atoms. The van der Waals surface area contributed by atoms with Gasteiger partial charge in [-0.2, -0.15) is 0 Å². The van der Waals surface area contributed by atoms with Crippen molar-refractivity contribution in [3.63, 3.8) is 0 Å². The van der Waals surface area contributed by atoms with Crippen molar-refractivity contribution >= 4 is 17.8 Å². The number of amides is 4. The highest BCUT2D eigenvalue weighted by Gasteiger charge is 2.52. The van der Waals surface area contributed by atoms with E-state index in [-0.39, 0.29) is 19.5 Å². The molecular weight excluding hydrogens is 446 g/mol. The predicted molar refractivity (Wildman–Crippen MR) is 130 cm³/mol. The van der Waals surface area contributed by atoms with Crippen LogP contribution in [0.3, 0.4) is 0 Å². The SMILES string of the molecule is COc1ccc(CNC(=O)CN2C(=O)N[C@](Cc3ccccc3)(c3ccccc3)C2=O)cc1OC. The minimum absolute atomic E-state index is 0.205. The van der Waals surface area contributed by atoms with Gasteiger partial charge in [0, 0.05) is 13.0 Å². The molecule has 4 amide bonds. The maximum absolute atomic E-state index is 13.6. The van der Waals surface area contributed by atoms with Crippen LogP contribution in [0.4, 0.5) is 4.79 Å². The van der Waals surface area contributed by atoms with Crippen molar-refractivity contribution < 1.29 is 23.9 Å². The summed E-state index contributed by atoms with van der Waals surface area (Å²) in [5.74, 6) is 0.213. The number of nitrogens with one attached hydrogen (secondary N) is 2. The van der Waals surface area contributed by atoms with E-state index in [2.05, 4.69) is 10.6 Å². The number of benzene rings is 3. The van der Waals surface area contributed by atoms with Gasteiger partial charge in [-0.05, 0) is 28.8 Å². The molecule has 1 aliphatic rings. The molecule has 8 nitrogen and oxygen atoms in total. The Labute approximate surface area is 203 Å². The minimum atomic E-state index is -1.29. The lowest BCUT2D eigenvalue weighted by atomic mass is 9.83. The lowest BCUT2D eigenvalue weighted by molar-refractivity contribution is -0.135. The Morgan fingerprint density at radius 2 is 1.54 bits per heavy atom. The summed E-state index contributed by atoms with van der Waals surface area (Å²) in [6, 6.07) is 23.3. The van der Waals surface area contributed by atoms with E-state index < -0.39 is 23.4 Å². The Balaban J connectivity index is 1.50. The highest BCUT2D eigenvalue weighted by atomic mass is 16.5. The number of methoxy groups -OCH3 is 2. The average molecular weight is 474 g/mol. The van der Waals surface area contributed by atoms with Crippen molar-refractivity contribution in [3.05, 3.63) is 95.6 Å². The Morgan fingerprint density at radius 1 is 0.886 bits per heavy atom. The van der Waals surface area contributed by atoms with Crippen LogP contribution in [0.15, 0.2) is 78.9 Å². The highest BCUT2D eigenvalue weighted by molar-refractivity contribution is 6.09. The summed E-state index contributed by atoms with van der Waals surface area (Å²) in [7, 11) is 3.08. The molecule has 1 saturated heterocycles. The largest absolute Gasteiger partial charge is 0.493 e. The standard InChI is InChI=1S/C27H27N3O5/c1-34-22-14-13-20(15-23(22)35-2)17-28-24(31)18-30-25(32)27(29-26(30)33,21-11-7-4-8-12-21)16-19-9-5-3-6-10-19/h3-15H,16-18H2,1-2H3,(H,28,31)(H,29,33)/t27-/m1/s1.